The smallest absolute Gasteiger partial charge is 0.234 e. The Balaban J connectivity index is 1.64. The highest BCUT2D eigenvalue weighted by atomic mass is 16.5. The third-order valence-corrected chi connectivity index (χ3v) is 8.02. The molecule has 4 rings (SSSR count). The van der Waals surface area contributed by atoms with Crippen LogP contribution in [-0.4, -0.2) is 62.0 Å². The second-order valence-corrected chi connectivity index (χ2v) is 9.98. The summed E-state index contributed by atoms with van der Waals surface area (Å²) in [4.78, 5) is 15.3. The van der Waals surface area contributed by atoms with Gasteiger partial charge in [-0.2, -0.15) is 0 Å². The number of likely N-dealkylation sites (tertiary alicyclic amines) is 1. The van der Waals surface area contributed by atoms with Gasteiger partial charge in [0.05, 0.1) is 33.5 Å². The first-order valence-electron chi connectivity index (χ1n) is 12.5. The first-order chi connectivity index (χ1) is 16.0. The van der Waals surface area contributed by atoms with Gasteiger partial charge >= 0.3 is 0 Å². The molecule has 1 amide bonds. The van der Waals surface area contributed by atoms with Crippen LogP contribution >= 0.6 is 0 Å². The van der Waals surface area contributed by atoms with Gasteiger partial charge in [-0.1, -0.05) is 32.1 Å². The number of hydrogen-bond donors (Lipinski definition) is 2. The molecule has 1 aliphatic heterocycles. The second-order valence-electron chi connectivity index (χ2n) is 9.98. The van der Waals surface area contributed by atoms with Crippen LogP contribution in [0.2, 0.25) is 0 Å². The normalized spacial score (nSPS) is 28.6. The Morgan fingerprint density at radius 3 is 2.30 bits per heavy atom. The highest BCUT2D eigenvalue weighted by Crippen LogP contribution is 2.51. The highest BCUT2D eigenvalue weighted by Gasteiger charge is 2.49. The minimum absolute atomic E-state index is 0.0605. The number of nitrogens with one attached hydrogen (secondary N) is 1. The van der Waals surface area contributed by atoms with Crippen molar-refractivity contribution in [1.29, 1.82) is 0 Å². The van der Waals surface area contributed by atoms with E-state index in [1.807, 2.05) is 12.1 Å². The predicted octanol–water partition coefficient (Wildman–Crippen LogP) is 3.83. The van der Waals surface area contributed by atoms with Crippen molar-refractivity contribution in [2.75, 3.05) is 34.4 Å². The number of aliphatic hydroxyl groups is 1. The number of carbonyl (C=O) groups excluding carboxylic acids is 1. The number of amides is 1. The summed E-state index contributed by atoms with van der Waals surface area (Å²) < 4.78 is 16.8. The maximum absolute atomic E-state index is 13.1. The lowest BCUT2D eigenvalue weighted by atomic mass is 9.66. The van der Waals surface area contributed by atoms with E-state index in [4.69, 9.17) is 14.2 Å². The van der Waals surface area contributed by atoms with Crippen LogP contribution in [0.3, 0.4) is 0 Å². The fourth-order valence-corrected chi connectivity index (χ4v) is 6.34. The molecule has 1 aromatic carbocycles. The second kappa shape index (κ2) is 10.5. The van der Waals surface area contributed by atoms with Crippen molar-refractivity contribution in [3.8, 4) is 17.2 Å². The van der Waals surface area contributed by atoms with E-state index < -0.39 is 5.60 Å². The monoisotopic (exact) mass is 460 g/mol. The van der Waals surface area contributed by atoms with Gasteiger partial charge in [0.15, 0.2) is 11.5 Å². The number of carbonyl (C=O) groups is 1. The maximum Gasteiger partial charge on any atom is 0.234 e. The van der Waals surface area contributed by atoms with Gasteiger partial charge in [-0.3, -0.25) is 9.69 Å². The zero-order valence-corrected chi connectivity index (χ0v) is 20.4. The van der Waals surface area contributed by atoms with E-state index in [9.17, 15) is 9.90 Å². The summed E-state index contributed by atoms with van der Waals surface area (Å²) in [5, 5.41) is 14.8. The molecule has 0 aromatic heterocycles. The van der Waals surface area contributed by atoms with E-state index in [0.717, 1.165) is 44.1 Å². The van der Waals surface area contributed by atoms with Crippen LogP contribution in [0.25, 0.3) is 0 Å². The average Bonchev–Trinajstić information content (AvgIpc) is 2.83. The molecule has 7 nitrogen and oxygen atoms in total. The van der Waals surface area contributed by atoms with E-state index in [-0.39, 0.29) is 17.9 Å². The van der Waals surface area contributed by atoms with Gasteiger partial charge in [0, 0.05) is 24.5 Å². The molecule has 0 spiro atoms. The van der Waals surface area contributed by atoms with Crippen LogP contribution in [-0.2, 0) is 4.79 Å². The van der Waals surface area contributed by atoms with E-state index >= 15 is 0 Å². The summed E-state index contributed by atoms with van der Waals surface area (Å²) in [5.74, 6) is 1.90. The molecule has 1 saturated heterocycles. The molecule has 1 aromatic rings. The molecule has 3 aliphatic rings. The fourth-order valence-electron chi connectivity index (χ4n) is 6.34. The minimum atomic E-state index is -0.695. The summed E-state index contributed by atoms with van der Waals surface area (Å²) in [6.07, 6.45) is 10.4. The van der Waals surface area contributed by atoms with Gasteiger partial charge in [-0.15, -0.1) is 0 Å². The summed E-state index contributed by atoms with van der Waals surface area (Å²) in [5.41, 5.74) is 0.305. The fraction of sp³-hybridized carbons (Fsp3) is 0.731. The topological polar surface area (TPSA) is 80.3 Å². The van der Waals surface area contributed by atoms with Crippen LogP contribution in [0.4, 0.5) is 0 Å². The number of nitrogens with zero attached hydrogens (tertiary/aromatic N) is 1. The third-order valence-electron chi connectivity index (χ3n) is 8.02. The third kappa shape index (κ3) is 5.09. The van der Waals surface area contributed by atoms with Gasteiger partial charge in [0.25, 0.3) is 0 Å². The Morgan fingerprint density at radius 2 is 1.67 bits per heavy atom. The molecule has 7 heteroatoms. The lowest BCUT2D eigenvalue weighted by Gasteiger charge is -2.52. The maximum atomic E-state index is 13.1. The Kier molecular flexibility index (Phi) is 7.69. The Bertz CT molecular complexity index is 800. The summed E-state index contributed by atoms with van der Waals surface area (Å²) in [6.45, 7) is 1.02. The van der Waals surface area contributed by atoms with Crippen molar-refractivity contribution in [2.45, 2.75) is 81.9 Å². The van der Waals surface area contributed by atoms with Crippen molar-refractivity contribution in [3.05, 3.63) is 17.7 Å². The molecule has 0 radical (unpaired) electrons. The van der Waals surface area contributed by atoms with Crippen LogP contribution < -0.4 is 19.5 Å². The van der Waals surface area contributed by atoms with E-state index in [1.165, 1.54) is 19.3 Å². The molecular formula is C26H40N2O5. The number of ether oxygens (including phenoxy) is 3. The first-order valence-corrected chi connectivity index (χ1v) is 12.5. The molecule has 2 saturated carbocycles. The van der Waals surface area contributed by atoms with Gasteiger partial charge < -0.3 is 24.6 Å². The highest BCUT2D eigenvalue weighted by molar-refractivity contribution is 5.78. The van der Waals surface area contributed by atoms with Crippen molar-refractivity contribution in [3.63, 3.8) is 0 Å². The minimum Gasteiger partial charge on any atom is -0.493 e. The number of benzene rings is 1. The number of methoxy groups -OCH3 is 3. The molecule has 0 unspecified atom stereocenters. The zero-order valence-electron chi connectivity index (χ0n) is 20.4. The van der Waals surface area contributed by atoms with Crippen molar-refractivity contribution in [1.82, 2.24) is 10.2 Å². The van der Waals surface area contributed by atoms with Crippen molar-refractivity contribution < 1.29 is 24.1 Å². The summed E-state index contributed by atoms with van der Waals surface area (Å²) in [6, 6.07) is 4.17. The van der Waals surface area contributed by atoms with Gasteiger partial charge in [-0.05, 0) is 49.8 Å². The Morgan fingerprint density at radius 1 is 1.00 bits per heavy atom. The number of piperidine rings is 1. The molecule has 33 heavy (non-hydrogen) atoms. The van der Waals surface area contributed by atoms with Gasteiger partial charge in [0.2, 0.25) is 11.7 Å². The standard InChI is InChI=1S/C26H40N2O5/c1-31-21-15-18(16-22(32-2)25(21)33-3)24-20-11-7-8-12-26(20,30)13-14-28(24)17-23(29)27-19-9-5-4-6-10-19/h15-16,19-20,24,30H,4-14,17H2,1-3H3,(H,27,29)/t20-,24+,26-/m1/s1. The van der Waals surface area contributed by atoms with Crippen molar-refractivity contribution >= 4 is 5.91 Å². The van der Waals surface area contributed by atoms with Gasteiger partial charge in [0.1, 0.15) is 0 Å². The summed E-state index contributed by atoms with van der Waals surface area (Å²) in [7, 11) is 4.84. The molecule has 184 valence electrons. The lowest BCUT2D eigenvalue weighted by molar-refractivity contribution is -0.138. The number of rotatable bonds is 7. The Hall–Kier alpha value is -1.99. The number of fused-ring (bicyclic) bond motifs is 1. The lowest BCUT2D eigenvalue weighted by Crippen LogP contribution is -2.56. The van der Waals surface area contributed by atoms with Crippen LogP contribution in [0.1, 0.15) is 75.8 Å². The van der Waals surface area contributed by atoms with Crippen LogP contribution in [0.15, 0.2) is 12.1 Å². The van der Waals surface area contributed by atoms with E-state index in [2.05, 4.69) is 10.2 Å². The van der Waals surface area contributed by atoms with E-state index in [1.54, 1.807) is 21.3 Å². The SMILES string of the molecule is COc1cc([C@H]2[C@H]3CCCC[C@@]3(O)CCN2CC(=O)NC2CCCCC2)cc(OC)c1OC. The van der Waals surface area contributed by atoms with Crippen LogP contribution in [0, 0.1) is 5.92 Å². The largest absolute Gasteiger partial charge is 0.493 e. The predicted molar refractivity (Wildman–Crippen MR) is 127 cm³/mol. The molecule has 1 heterocycles. The molecule has 2 N–H and O–H groups in total. The zero-order chi connectivity index (χ0) is 23.4. The Labute approximate surface area is 197 Å². The quantitative estimate of drug-likeness (QED) is 0.644. The molecule has 0 bridgehead atoms. The van der Waals surface area contributed by atoms with Gasteiger partial charge in [-0.25, -0.2) is 0 Å². The van der Waals surface area contributed by atoms with Crippen LogP contribution in [0.5, 0.6) is 17.2 Å². The van der Waals surface area contributed by atoms with Crippen molar-refractivity contribution in [2.24, 2.45) is 5.92 Å². The summed E-state index contributed by atoms with van der Waals surface area (Å²) >= 11 is 0. The average molecular weight is 461 g/mol. The molecule has 3 atom stereocenters. The molecule has 2 aliphatic carbocycles. The van der Waals surface area contributed by atoms with E-state index in [0.29, 0.717) is 42.8 Å². The molecule has 3 fully saturated rings. The first kappa shape index (κ1) is 24.1. The molecular weight excluding hydrogens is 420 g/mol. The number of hydrogen-bond acceptors (Lipinski definition) is 6.